The lowest BCUT2D eigenvalue weighted by Gasteiger charge is -2.33. The second kappa shape index (κ2) is 6.69. The molecule has 4 rings (SSSR count). The summed E-state index contributed by atoms with van der Waals surface area (Å²) in [6.45, 7) is 3.73. The Morgan fingerprint density at radius 2 is 2.10 bits per heavy atom. The molecular weight excluding hydrogens is 370 g/mol. The molecule has 1 aromatic carbocycles. The van der Waals surface area contributed by atoms with Crippen molar-refractivity contribution in [2.45, 2.75) is 25.8 Å². The fourth-order valence-electron chi connectivity index (χ4n) is 3.35. The van der Waals surface area contributed by atoms with Crippen molar-refractivity contribution < 1.29 is 9.59 Å². The van der Waals surface area contributed by atoms with Crippen molar-refractivity contribution in [3.8, 4) is 0 Å². The molecule has 1 unspecified atom stereocenters. The van der Waals surface area contributed by atoms with E-state index in [0.717, 1.165) is 11.3 Å². The first-order valence-electron chi connectivity index (χ1n) is 9.10. The van der Waals surface area contributed by atoms with E-state index in [1.165, 1.54) is 4.90 Å². The Labute approximate surface area is 167 Å². The summed E-state index contributed by atoms with van der Waals surface area (Å²) in [6.07, 6.45) is 5.21. The predicted octanol–water partition coefficient (Wildman–Crippen LogP) is 1.68. The smallest absolute Gasteiger partial charge is 0.275 e. The summed E-state index contributed by atoms with van der Waals surface area (Å²) in [7, 11) is 1.60. The number of carbonyl (C=O) groups is 2. The van der Waals surface area contributed by atoms with Crippen LogP contribution in [0.5, 0.6) is 0 Å². The molecule has 9 nitrogen and oxygen atoms in total. The topological polar surface area (TPSA) is 118 Å². The third-order valence-corrected chi connectivity index (χ3v) is 5.01. The second-order valence-electron chi connectivity index (χ2n) is 7.33. The second-order valence-corrected chi connectivity index (χ2v) is 7.33. The Kier molecular flexibility index (Phi) is 4.30. The Morgan fingerprint density at radius 3 is 2.86 bits per heavy atom. The lowest BCUT2D eigenvalue weighted by molar-refractivity contribution is -0.128. The van der Waals surface area contributed by atoms with Gasteiger partial charge >= 0.3 is 0 Å². The van der Waals surface area contributed by atoms with Crippen molar-refractivity contribution in [2.24, 2.45) is 10.7 Å². The van der Waals surface area contributed by atoms with Gasteiger partial charge in [0.1, 0.15) is 5.69 Å². The quantitative estimate of drug-likeness (QED) is 0.704. The molecule has 0 aliphatic carbocycles. The normalized spacial score (nSPS) is 19.3. The van der Waals surface area contributed by atoms with Gasteiger partial charge in [0.25, 0.3) is 5.91 Å². The summed E-state index contributed by atoms with van der Waals surface area (Å²) in [5.74, 6) is -0.281. The van der Waals surface area contributed by atoms with Crippen LogP contribution >= 0.6 is 0 Å². The molecule has 29 heavy (non-hydrogen) atoms. The number of nitrogens with one attached hydrogen (secondary N) is 1. The minimum Gasteiger partial charge on any atom is -0.369 e. The number of carbonyl (C=O) groups excluding carboxylic acids is 2. The number of aliphatic imine (C=N–C) groups is 1. The number of benzene rings is 1. The molecule has 3 N–H and O–H groups in total. The lowest BCUT2D eigenvalue weighted by Crippen LogP contribution is -2.47. The van der Waals surface area contributed by atoms with Gasteiger partial charge in [0.2, 0.25) is 5.91 Å². The van der Waals surface area contributed by atoms with Crippen molar-refractivity contribution in [2.75, 3.05) is 12.4 Å². The highest BCUT2D eigenvalue weighted by Gasteiger charge is 2.36. The fraction of sp³-hybridized carbons (Fsp3) is 0.250. The average Bonchev–Trinajstić information content (AvgIpc) is 3.05. The SMILES string of the molecule is Cc1cn2cc(C(=O)Nc3cccc(C4(C)CC(=O)N(C)C(N)=N4)c3)ncc2n1. The first-order valence-corrected chi connectivity index (χ1v) is 9.10. The highest BCUT2D eigenvalue weighted by molar-refractivity contribution is 6.03. The van der Waals surface area contributed by atoms with E-state index in [1.54, 1.807) is 42.0 Å². The molecule has 2 aromatic heterocycles. The molecule has 9 heteroatoms. The minimum absolute atomic E-state index is 0.109. The fourth-order valence-corrected chi connectivity index (χ4v) is 3.35. The Bertz CT molecular complexity index is 1170. The first-order chi connectivity index (χ1) is 13.7. The molecule has 0 saturated heterocycles. The van der Waals surface area contributed by atoms with Crippen LogP contribution in [0.4, 0.5) is 5.69 Å². The van der Waals surface area contributed by atoms with Gasteiger partial charge in [-0.05, 0) is 31.5 Å². The Hall–Kier alpha value is -3.75. The van der Waals surface area contributed by atoms with Gasteiger partial charge in [-0.15, -0.1) is 0 Å². The molecule has 0 radical (unpaired) electrons. The van der Waals surface area contributed by atoms with E-state index < -0.39 is 5.54 Å². The molecule has 0 spiro atoms. The number of imidazole rings is 1. The van der Waals surface area contributed by atoms with Gasteiger partial charge in [0, 0.05) is 25.1 Å². The van der Waals surface area contributed by atoms with Crippen LogP contribution in [0.3, 0.4) is 0 Å². The van der Waals surface area contributed by atoms with Crippen molar-refractivity contribution in [3.63, 3.8) is 0 Å². The van der Waals surface area contributed by atoms with Crippen LogP contribution in [0, 0.1) is 6.92 Å². The maximum atomic E-state index is 12.7. The van der Waals surface area contributed by atoms with Crippen molar-refractivity contribution in [1.82, 2.24) is 19.3 Å². The van der Waals surface area contributed by atoms with Gasteiger partial charge in [-0.25, -0.2) is 15.0 Å². The largest absolute Gasteiger partial charge is 0.369 e. The van der Waals surface area contributed by atoms with E-state index in [4.69, 9.17) is 5.73 Å². The van der Waals surface area contributed by atoms with E-state index in [1.807, 2.05) is 26.1 Å². The molecule has 1 atom stereocenters. The van der Waals surface area contributed by atoms with Crippen molar-refractivity contribution in [3.05, 3.63) is 59.8 Å². The Morgan fingerprint density at radius 1 is 1.31 bits per heavy atom. The summed E-state index contributed by atoms with van der Waals surface area (Å²) < 4.78 is 1.76. The maximum Gasteiger partial charge on any atom is 0.275 e. The van der Waals surface area contributed by atoms with Crippen molar-refractivity contribution in [1.29, 1.82) is 0 Å². The molecule has 0 saturated carbocycles. The van der Waals surface area contributed by atoms with E-state index >= 15 is 0 Å². The number of anilines is 1. The zero-order chi connectivity index (χ0) is 20.8. The number of guanidine groups is 1. The zero-order valence-corrected chi connectivity index (χ0v) is 16.4. The minimum atomic E-state index is -0.792. The third kappa shape index (κ3) is 3.42. The van der Waals surface area contributed by atoms with Crippen LogP contribution < -0.4 is 11.1 Å². The van der Waals surface area contributed by atoms with Crippen LogP contribution in [0.15, 0.2) is 47.8 Å². The monoisotopic (exact) mass is 391 g/mol. The van der Waals surface area contributed by atoms with Gasteiger partial charge in [-0.2, -0.15) is 0 Å². The van der Waals surface area contributed by atoms with E-state index in [9.17, 15) is 9.59 Å². The molecule has 3 aromatic rings. The number of hydrogen-bond acceptors (Lipinski definition) is 6. The third-order valence-electron chi connectivity index (χ3n) is 5.01. The number of nitrogens with two attached hydrogens (primary N) is 1. The summed E-state index contributed by atoms with van der Waals surface area (Å²) in [5.41, 5.74) is 8.26. The number of rotatable bonds is 3. The van der Waals surface area contributed by atoms with Crippen LogP contribution in [0.1, 0.15) is 35.1 Å². The highest BCUT2D eigenvalue weighted by Crippen LogP contribution is 2.34. The molecule has 2 amide bonds. The molecule has 1 aliphatic rings. The number of aromatic nitrogens is 3. The average molecular weight is 391 g/mol. The molecule has 3 heterocycles. The summed E-state index contributed by atoms with van der Waals surface area (Å²) in [5, 5.41) is 2.85. The van der Waals surface area contributed by atoms with Crippen LogP contribution in [0.2, 0.25) is 0 Å². The zero-order valence-electron chi connectivity index (χ0n) is 16.4. The van der Waals surface area contributed by atoms with Gasteiger partial charge in [-0.1, -0.05) is 12.1 Å². The number of amides is 2. The van der Waals surface area contributed by atoms with Gasteiger partial charge in [0.15, 0.2) is 11.6 Å². The van der Waals surface area contributed by atoms with E-state index in [-0.39, 0.29) is 29.9 Å². The molecule has 0 bridgehead atoms. The molecule has 0 fully saturated rings. The van der Waals surface area contributed by atoms with Crippen LogP contribution in [-0.2, 0) is 10.3 Å². The van der Waals surface area contributed by atoms with E-state index in [0.29, 0.717) is 11.3 Å². The number of fused-ring (bicyclic) bond motifs is 1. The molecule has 148 valence electrons. The van der Waals surface area contributed by atoms with Gasteiger partial charge in [0.05, 0.1) is 23.9 Å². The number of nitrogens with zero attached hydrogens (tertiary/aromatic N) is 5. The Balaban J connectivity index is 1.60. The summed E-state index contributed by atoms with van der Waals surface area (Å²) in [4.78, 5) is 39.2. The molecule has 1 aliphatic heterocycles. The van der Waals surface area contributed by atoms with Crippen LogP contribution in [-0.4, -0.2) is 44.1 Å². The summed E-state index contributed by atoms with van der Waals surface area (Å²) in [6, 6.07) is 7.24. The van der Waals surface area contributed by atoms with Gasteiger partial charge < -0.3 is 15.5 Å². The number of hydrogen-bond donors (Lipinski definition) is 2. The predicted molar refractivity (Wildman–Crippen MR) is 108 cm³/mol. The first kappa shape index (κ1) is 18.6. The standard InChI is InChI=1S/C20H21N7O2/c1-12-10-27-11-15(22-9-16(27)23-12)18(29)24-14-6-4-5-13(7-14)20(2)8-17(28)26(3)19(21)25-20/h4-7,9-11H,8H2,1-3H3,(H2,21,25)(H,24,29). The van der Waals surface area contributed by atoms with Crippen LogP contribution in [0.25, 0.3) is 5.65 Å². The highest BCUT2D eigenvalue weighted by atomic mass is 16.2. The maximum absolute atomic E-state index is 12.7. The molecular formula is C20H21N7O2. The number of aryl methyl sites for hydroxylation is 1. The van der Waals surface area contributed by atoms with Gasteiger partial charge in [-0.3, -0.25) is 14.5 Å². The summed E-state index contributed by atoms with van der Waals surface area (Å²) >= 11 is 0. The lowest BCUT2D eigenvalue weighted by atomic mass is 9.87. The van der Waals surface area contributed by atoms with Crippen molar-refractivity contribution >= 4 is 29.1 Å². The van der Waals surface area contributed by atoms with E-state index in [2.05, 4.69) is 20.3 Å².